The van der Waals surface area contributed by atoms with Gasteiger partial charge in [0.15, 0.2) is 0 Å². The fourth-order valence-electron chi connectivity index (χ4n) is 1.58. The third-order valence-electron chi connectivity index (χ3n) is 2.56. The van der Waals surface area contributed by atoms with E-state index in [2.05, 4.69) is 5.32 Å². The quantitative estimate of drug-likeness (QED) is 0.694. The van der Waals surface area contributed by atoms with Gasteiger partial charge >= 0.3 is 0 Å². The Bertz CT molecular complexity index is 148. The summed E-state index contributed by atoms with van der Waals surface area (Å²) in [6.07, 6.45) is 5.16. The number of hydrogen-bond acceptors (Lipinski definition) is 2. The molecule has 1 aliphatic carbocycles. The van der Waals surface area contributed by atoms with Crippen LogP contribution < -0.4 is 5.32 Å². The third kappa shape index (κ3) is 2.94. The second-order valence-electron chi connectivity index (χ2n) is 3.98. The summed E-state index contributed by atoms with van der Waals surface area (Å²) in [6, 6.07) is 0.618. The molecule has 1 rings (SSSR count). The Morgan fingerprint density at radius 1 is 1.42 bits per heavy atom. The molecule has 0 spiro atoms. The fraction of sp³-hybridized carbons (Fsp3) is 0.900. The highest BCUT2D eigenvalue weighted by Gasteiger charge is 2.15. The lowest BCUT2D eigenvalue weighted by atomic mass is 10.1. The molecule has 0 aromatic rings. The van der Waals surface area contributed by atoms with Crippen LogP contribution in [0.15, 0.2) is 0 Å². The maximum absolute atomic E-state index is 11.2. The first-order valence-corrected chi connectivity index (χ1v) is 4.96. The Morgan fingerprint density at radius 2 is 2.00 bits per heavy atom. The van der Waals surface area contributed by atoms with Crippen LogP contribution in [0.5, 0.6) is 0 Å². The van der Waals surface area contributed by atoms with Gasteiger partial charge in [-0.15, -0.1) is 0 Å². The van der Waals surface area contributed by atoms with Crippen LogP contribution in [-0.2, 0) is 4.79 Å². The van der Waals surface area contributed by atoms with Crippen LogP contribution in [-0.4, -0.2) is 18.4 Å². The summed E-state index contributed by atoms with van der Waals surface area (Å²) in [5.41, 5.74) is 0. The van der Waals surface area contributed by atoms with E-state index in [4.69, 9.17) is 0 Å². The molecule has 12 heavy (non-hydrogen) atoms. The van der Waals surface area contributed by atoms with Crippen molar-refractivity contribution in [2.24, 2.45) is 5.92 Å². The van der Waals surface area contributed by atoms with Crippen LogP contribution in [0.2, 0.25) is 0 Å². The summed E-state index contributed by atoms with van der Waals surface area (Å²) in [6.45, 7) is 4.49. The smallest absolute Gasteiger partial charge is 0.149 e. The maximum Gasteiger partial charge on any atom is 0.149 e. The molecule has 0 heterocycles. The van der Waals surface area contributed by atoms with Gasteiger partial charge in [0.25, 0.3) is 0 Å². The lowest BCUT2D eigenvalue weighted by molar-refractivity contribution is -0.121. The molecule has 1 fully saturated rings. The van der Waals surface area contributed by atoms with Crippen molar-refractivity contribution in [1.82, 2.24) is 5.32 Å². The van der Waals surface area contributed by atoms with Gasteiger partial charge in [0.1, 0.15) is 5.78 Å². The Hall–Kier alpha value is -0.370. The van der Waals surface area contributed by atoms with E-state index in [-0.39, 0.29) is 5.92 Å². The first-order chi connectivity index (χ1) is 5.70. The maximum atomic E-state index is 11.2. The highest BCUT2D eigenvalue weighted by atomic mass is 16.1. The second kappa shape index (κ2) is 4.61. The topological polar surface area (TPSA) is 29.1 Å². The van der Waals surface area contributed by atoms with Gasteiger partial charge in [-0.05, 0) is 12.8 Å². The molecule has 70 valence electrons. The molecule has 0 aromatic carbocycles. The van der Waals surface area contributed by atoms with Crippen molar-refractivity contribution in [3.8, 4) is 0 Å². The molecule has 2 heteroatoms. The number of nitrogens with one attached hydrogen (secondary N) is 1. The van der Waals surface area contributed by atoms with Gasteiger partial charge in [0.2, 0.25) is 0 Å². The minimum Gasteiger partial charge on any atom is -0.307 e. The van der Waals surface area contributed by atoms with Gasteiger partial charge in [-0.3, -0.25) is 4.79 Å². The van der Waals surface area contributed by atoms with Crippen LogP contribution in [0.4, 0.5) is 0 Å². The molecule has 1 aliphatic rings. The minimum absolute atomic E-state index is 0.180. The highest BCUT2D eigenvalue weighted by Crippen LogP contribution is 2.17. The molecule has 0 atom stereocenters. The van der Waals surface area contributed by atoms with Crippen molar-refractivity contribution in [2.45, 2.75) is 45.6 Å². The van der Waals surface area contributed by atoms with Gasteiger partial charge in [0, 0.05) is 12.0 Å². The van der Waals surface area contributed by atoms with Crippen LogP contribution in [0.1, 0.15) is 39.5 Å². The molecule has 2 nitrogen and oxygen atoms in total. The van der Waals surface area contributed by atoms with E-state index in [1.807, 2.05) is 13.8 Å². The van der Waals surface area contributed by atoms with Crippen molar-refractivity contribution >= 4 is 5.78 Å². The Labute approximate surface area is 74.7 Å². The number of carbonyl (C=O) groups excluding carboxylic acids is 1. The van der Waals surface area contributed by atoms with Crippen molar-refractivity contribution < 1.29 is 4.79 Å². The summed E-state index contributed by atoms with van der Waals surface area (Å²) in [4.78, 5) is 11.2. The predicted molar refractivity (Wildman–Crippen MR) is 50.1 cm³/mol. The van der Waals surface area contributed by atoms with Crippen molar-refractivity contribution in [3.63, 3.8) is 0 Å². The highest BCUT2D eigenvalue weighted by molar-refractivity contribution is 5.82. The van der Waals surface area contributed by atoms with Gasteiger partial charge in [0.05, 0.1) is 6.54 Å². The van der Waals surface area contributed by atoms with E-state index < -0.39 is 0 Å². The van der Waals surface area contributed by atoms with E-state index in [1.54, 1.807) is 0 Å². The average molecular weight is 169 g/mol. The number of rotatable bonds is 4. The second-order valence-corrected chi connectivity index (χ2v) is 3.98. The number of ketones is 1. The van der Waals surface area contributed by atoms with E-state index in [0.29, 0.717) is 18.4 Å². The molecular formula is C10H19NO. The molecule has 0 amide bonds. The zero-order valence-corrected chi connectivity index (χ0v) is 8.10. The Kier molecular flexibility index (Phi) is 3.73. The van der Waals surface area contributed by atoms with Crippen LogP contribution >= 0.6 is 0 Å². The van der Waals surface area contributed by atoms with Crippen molar-refractivity contribution in [2.75, 3.05) is 6.54 Å². The molecule has 0 bridgehead atoms. The lowest BCUT2D eigenvalue weighted by Crippen LogP contribution is -2.33. The molecule has 1 saturated carbocycles. The summed E-state index contributed by atoms with van der Waals surface area (Å²) < 4.78 is 0. The van der Waals surface area contributed by atoms with Crippen molar-refractivity contribution in [3.05, 3.63) is 0 Å². The monoisotopic (exact) mass is 169 g/mol. The number of hydrogen-bond donors (Lipinski definition) is 1. The molecule has 0 aromatic heterocycles. The van der Waals surface area contributed by atoms with Gasteiger partial charge in [-0.2, -0.15) is 0 Å². The fourth-order valence-corrected chi connectivity index (χ4v) is 1.58. The first kappa shape index (κ1) is 9.72. The Balaban J connectivity index is 2.12. The summed E-state index contributed by atoms with van der Waals surface area (Å²) in [5, 5.41) is 3.31. The predicted octanol–water partition coefficient (Wildman–Crippen LogP) is 1.74. The van der Waals surface area contributed by atoms with Gasteiger partial charge < -0.3 is 5.32 Å². The average Bonchev–Trinajstić information content (AvgIpc) is 2.51. The SMILES string of the molecule is CC(C)C(=O)CNC1CCCC1. The van der Waals surface area contributed by atoms with E-state index in [0.717, 1.165) is 0 Å². The van der Waals surface area contributed by atoms with Crippen LogP contribution in [0, 0.1) is 5.92 Å². The third-order valence-corrected chi connectivity index (χ3v) is 2.56. The standard InChI is InChI=1S/C10H19NO/c1-8(2)10(12)7-11-9-5-3-4-6-9/h8-9,11H,3-7H2,1-2H3. The zero-order chi connectivity index (χ0) is 8.97. The van der Waals surface area contributed by atoms with Crippen LogP contribution in [0.3, 0.4) is 0 Å². The van der Waals surface area contributed by atoms with Gasteiger partial charge in [-0.1, -0.05) is 26.7 Å². The molecule has 0 unspecified atom stereocenters. The molecule has 0 aliphatic heterocycles. The first-order valence-electron chi connectivity index (χ1n) is 4.96. The number of Topliss-reactive ketones (excluding diaryl/α,β-unsaturated/α-hetero) is 1. The van der Waals surface area contributed by atoms with E-state index in [9.17, 15) is 4.79 Å². The normalized spacial score (nSPS) is 18.9. The summed E-state index contributed by atoms with van der Waals surface area (Å²) in [7, 11) is 0. The zero-order valence-electron chi connectivity index (χ0n) is 8.10. The molecule has 0 saturated heterocycles. The molecule has 1 N–H and O–H groups in total. The molecule has 0 radical (unpaired) electrons. The largest absolute Gasteiger partial charge is 0.307 e. The minimum atomic E-state index is 0.180. The summed E-state index contributed by atoms with van der Waals surface area (Å²) >= 11 is 0. The lowest BCUT2D eigenvalue weighted by Gasteiger charge is -2.11. The van der Waals surface area contributed by atoms with Crippen LogP contribution in [0.25, 0.3) is 0 Å². The number of carbonyl (C=O) groups is 1. The van der Waals surface area contributed by atoms with Gasteiger partial charge in [-0.25, -0.2) is 0 Å². The van der Waals surface area contributed by atoms with Crippen molar-refractivity contribution in [1.29, 1.82) is 0 Å². The van der Waals surface area contributed by atoms with E-state index >= 15 is 0 Å². The van der Waals surface area contributed by atoms with E-state index in [1.165, 1.54) is 25.7 Å². The summed E-state index contributed by atoms with van der Waals surface area (Å²) in [5.74, 6) is 0.515. The molecular weight excluding hydrogens is 150 g/mol. The Morgan fingerprint density at radius 3 is 2.50 bits per heavy atom.